The molecule has 0 saturated heterocycles. The Morgan fingerprint density at radius 2 is 2.12 bits per heavy atom. The van der Waals surface area contributed by atoms with Crippen LogP contribution in [-0.4, -0.2) is 22.9 Å². The Labute approximate surface area is 99.2 Å². The van der Waals surface area contributed by atoms with E-state index in [-0.39, 0.29) is 0 Å². The summed E-state index contributed by atoms with van der Waals surface area (Å²) in [6, 6.07) is 2.84. The van der Waals surface area contributed by atoms with Crippen molar-refractivity contribution in [3.05, 3.63) is 17.5 Å². The number of aryl methyl sites for hydroxylation is 3. The molecule has 1 heterocycles. The van der Waals surface area contributed by atoms with Crippen molar-refractivity contribution in [2.75, 3.05) is 7.05 Å². The Kier molecular flexibility index (Phi) is 5.53. The van der Waals surface area contributed by atoms with Gasteiger partial charge in [-0.2, -0.15) is 5.10 Å². The highest BCUT2D eigenvalue weighted by molar-refractivity contribution is 5.10. The predicted octanol–water partition coefficient (Wildman–Crippen LogP) is 2.40. The van der Waals surface area contributed by atoms with Crippen LogP contribution < -0.4 is 5.32 Å². The molecule has 0 bridgehead atoms. The molecule has 1 aromatic rings. The highest BCUT2D eigenvalue weighted by atomic mass is 15.3. The van der Waals surface area contributed by atoms with Crippen molar-refractivity contribution in [2.24, 2.45) is 0 Å². The maximum Gasteiger partial charge on any atom is 0.0624 e. The van der Waals surface area contributed by atoms with Gasteiger partial charge in [-0.15, -0.1) is 0 Å². The Morgan fingerprint density at radius 3 is 2.69 bits per heavy atom. The minimum atomic E-state index is 0.603. The molecule has 1 aromatic heterocycles. The summed E-state index contributed by atoms with van der Waals surface area (Å²) < 4.78 is 2.18. The monoisotopic (exact) mass is 223 g/mol. The largest absolute Gasteiger partial charge is 0.317 e. The van der Waals surface area contributed by atoms with E-state index < -0.39 is 0 Å². The summed E-state index contributed by atoms with van der Waals surface area (Å²) in [6.07, 6.45) is 4.52. The zero-order valence-corrected chi connectivity index (χ0v) is 11.1. The Hall–Kier alpha value is -0.830. The number of rotatable bonds is 7. The predicted molar refractivity (Wildman–Crippen MR) is 68.7 cm³/mol. The number of hydrogen-bond donors (Lipinski definition) is 1. The van der Waals surface area contributed by atoms with Crippen LogP contribution in [0.1, 0.15) is 45.0 Å². The average molecular weight is 223 g/mol. The summed E-state index contributed by atoms with van der Waals surface area (Å²) in [5.41, 5.74) is 2.59. The summed E-state index contributed by atoms with van der Waals surface area (Å²) in [4.78, 5) is 0. The maximum absolute atomic E-state index is 4.62. The lowest BCUT2D eigenvalue weighted by molar-refractivity contribution is 0.478. The van der Waals surface area contributed by atoms with Crippen molar-refractivity contribution in [1.82, 2.24) is 15.1 Å². The molecule has 0 aromatic carbocycles. The highest BCUT2D eigenvalue weighted by Gasteiger charge is 2.05. The second-order valence-corrected chi connectivity index (χ2v) is 4.39. The van der Waals surface area contributed by atoms with Crippen LogP contribution in [0.15, 0.2) is 6.07 Å². The molecule has 0 fully saturated rings. The molecule has 1 rings (SSSR count). The summed E-state index contributed by atoms with van der Waals surface area (Å²) in [6.45, 7) is 7.63. The molecule has 0 radical (unpaired) electrons. The van der Waals surface area contributed by atoms with Gasteiger partial charge in [0.15, 0.2) is 0 Å². The summed E-state index contributed by atoms with van der Waals surface area (Å²) in [7, 11) is 2.02. The maximum atomic E-state index is 4.62. The molecular weight excluding hydrogens is 198 g/mol. The molecule has 0 aliphatic rings. The topological polar surface area (TPSA) is 29.9 Å². The quantitative estimate of drug-likeness (QED) is 0.769. The molecule has 0 spiro atoms. The van der Waals surface area contributed by atoms with E-state index >= 15 is 0 Å². The zero-order chi connectivity index (χ0) is 12.0. The van der Waals surface area contributed by atoms with E-state index in [1.54, 1.807) is 0 Å². The van der Waals surface area contributed by atoms with Gasteiger partial charge in [-0.1, -0.05) is 13.8 Å². The highest BCUT2D eigenvalue weighted by Crippen LogP contribution is 2.08. The van der Waals surface area contributed by atoms with Crippen LogP contribution in [0.3, 0.4) is 0 Å². The van der Waals surface area contributed by atoms with Crippen LogP contribution in [0.25, 0.3) is 0 Å². The second-order valence-electron chi connectivity index (χ2n) is 4.39. The van der Waals surface area contributed by atoms with Gasteiger partial charge in [0.1, 0.15) is 0 Å². The normalized spacial score (nSPS) is 13.0. The lowest BCUT2D eigenvalue weighted by atomic mass is 10.2. The van der Waals surface area contributed by atoms with Crippen molar-refractivity contribution in [3.63, 3.8) is 0 Å². The van der Waals surface area contributed by atoms with Crippen LogP contribution in [0, 0.1) is 0 Å². The number of nitrogens with zero attached hydrogens (tertiary/aromatic N) is 2. The molecule has 0 amide bonds. The minimum absolute atomic E-state index is 0.603. The van der Waals surface area contributed by atoms with Gasteiger partial charge in [-0.05, 0) is 45.7 Å². The third-order valence-corrected chi connectivity index (χ3v) is 3.14. The summed E-state index contributed by atoms with van der Waals surface area (Å²) in [5.74, 6) is 0. The first-order valence-electron chi connectivity index (χ1n) is 6.44. The standard InChI is InChI=1S/C13H25N3/c1-5-12-10-13(6-2)16(15-12)9-7-8-11(3)14-4/h10-11,14H,5-9H2,1-4H3. The Bertz CT molecular complexity index is 304. The van der Waals surface area contributed by atoms with Crippen LogP contribution in [0.4, 0.5) is 0 Å². The van der Waals surface area contributed by atoms with E-state index in [0.29, 0.717) is 6.04 Å². The van der Waals surface area contributed by atoms with Gasteiger partial charge in [-0.25, -0.2) is 0 Å². The van der Waals surface area contributed by atoms with Gasteiger partial charge in [0.25, 0.3) is 0 Å². The van der Waals surface area contributed by atoms with E-state index in [2.05, 4.69) is 41.9 Å². The molecule has 0 saturated carbocycles. The first-order valence-corrected chi connectivity index (χ1v) is 6.44. The molecule has 1 N–H and O–H groups in total. The summed E-state index contributed by atoms with van der Waals surface area (Å²) in [5, 5.41) is 7.88. The zero-order valence-electron chi connectivity index (χ0n) is 11.1. The van der Waals surface area contributed by atoms with Crippen molar-refractivity contribution in [1.29, 1.82) is 0 Å². The van der Waals surface area contributed by atoms with Gasteiger partial charge in [0.2, 0.25) is 0 Å². The molecule has 16 heavy (non-hydrogen) atoms. The van der Waals surface area contributed by atoms with Crippen LogP contribution in [0.5, 0.6) is 0 Å². The number of aromatic nitrogens is 2. The first kappa shape index (κ1) is 13.2. The van der Waals surface area contributed by atoms with Crippen molar-refractivity contribution in [3.8, 4) is 0 Å². The van der Waals surface area contributed by atoms with Crippen LogP contribution >= 0.6 is 0 Å². The molecule has 3 heteroatoms. The second kappa shape index (κ2) is 6.69. The number of nitrogens with one attached hydrogen (secondary N) is 1. The third kappa shape index (κ3) is 3.63. The van der Waals surface area contributed by atoms with E-state index in [1.165, 1.54) is 24.2 Å². The lowest BCUT2D eigenvalue weighted by Crippen LogP contribution is -2.21. The third-order valence-electron chi connectivity index (χ3n) is 3.14. The van der Waals surface area contributed by atoms with Crippen molar-refractivity contribution in [2.45, 2.75) is 59.0 Å². The smallest absolute Gasteiger partial charge is 0.0624 e. The fraction of sp³-hybridized carbons (Fsp3) is 0.769. The lowest BCUT2D eigenvalue weighted by Gasteiger charge is -2.10. The van der Waals surface area contributed by atoms with E-state index in [4.69, 9.17) is 0 Å². The molecule has 3 nitrogen and oxygen atoms in total. The Balaban J connectivity index is 2.49. The molecule has 92 valence electrons. The molecule has 1 atom stereocenters. The van der Waals surface area contributed by atoms with E-state index in [1.807, 2.05) is 7.05 Å². The van der Waals surface area contributed by atoms with Gasteiger partial charge in [0, 0.05) is 18.3 Å². The molecule has 1 unspecified atom stereocenters. The van der Waals surface area contributed by atoms with Crippen LogP contribution in [0.2, 0.25) is 0 Å². The van der Waals surface area contributed by atoms with Crippen molar-refractivity contribution < 1.29 is 0 Å². The SMILES string of the molecule is CCc1cc(CC)n(CCCC(C)NC)n1. The van der Waals surface area contributed by atoms with Gasteiger partial charge >= 0.3 is 0 Å². The Morgan fingerprint density at radius 1 is 1.38 bits per heavy atom. The molecule has 0 aliphatic carbocycles. The van der Waals surface area contributed by atoms with Gasteiger partial charge in [0.05, 0.1) is 5.69 Å². The van der Waals surface area contributed by atoms with Gasteiger partial charge < -0.3 is 5.32 Å². The van der Waals surface area contributed by atoms with Crippen LogP contribution in [-0.2, 0) is 19.4 Å². The minimum Gasteiger partial charge on any atom is -0.317 e. The van der Waals surface area contributed by atoms with Gasteiger partial charge in [-0.3, -0.25) is 4.68 Å². The fourth-order valence-electron chi connectivity index (χ4n) is 1.86. The van der Waals surface area contributed by atoms with Crippen molar-refractivity contribution >= 4 is 0 Å². The fourth-order valence-corrected chi connectivity index (χ4v) is 1.86. The summed E-state index contributed by atoms with van der Waals surface area (Å²) >= 11 is 0. The average Bonchev–Trinajstić information content (AvgIpc) is 2.71. The number of hydrogen-bond acceptors (Lipinski definition) is 2. The van der Waals surface area contributed by atoms with E-state index in [0.717, 1.165) is 19.4 Å². The first-order chi connectivity index (χ1) is 7.71. The molecular formula is C13H25N3. The molecule has 0 aliphatic heterocycles. The van der Waals surface area contributed by atoms with E-state index in [9.17, 15) is 0 Å².